The molecule has 3 heteroatoms. The average Bonchev–Trinajstić information content (AvgIpc) is 2.92. The quantitative estimate of drug-likeness (QED) is 0.837. The van der Waals surface area contributed by atoms with Gasteiger partial charge in [0.1, 0.15) is 0 Å². The lowest BCUT2D eigenvalue weighted by Crippen LogP contribution is -2.25. The first-order valence-electron chi connectivity index (χ1n) is 6.67. The van der Waals surface area contributed by atoms with E-state index in [1.165, 1.54) is 18.4 Å². The topological polar surface area (TPSA) is 45.0 Å². The third-order valence-electron chi connectivity index (χ3n) is 3.38. The fourth-order valence-electron chi connectivity index (χ4n) is 2.38. The molecule has 1 aromatic carbocycles. The third-order valence-corrected chi connectivity index (χ3v) is 3.38. The molecule has 1 N–H and O–H groups in total. The number of nitrogens with one attached hydrogen (secondary N) is 1. The van der Waals surface area contributed by atoms with Crippen molar-refractivity contribution in [1.29, 1.82) is 5.26 Å². The molecule has 1 aromatic rings. The summed E-state index contributed by atoms with van der Waals surface area (Å²) < 4.78 is 5.60. The summed E-state index contributed by atoms with van der Waals surface area (Å²) in [6.07, 6.45) is 4.32. The number of nitrogens with zero attached hydrogens (tertiary/aromatic N) is 1. The summed E-state index contributed by atoms with van der Waals surface area (Å²) in [5, 5.41) is 12.4. The van der Waals surface area contributed by atoms with E-state index >= 15 is 0 Å². The first-order valence-corrected chi connectivity index (χ1v) is 6.67. The van der Waals surface area contributed by atoms with Crippen molar-refractivity contribution in [2.75, 3.05) is 13.2 Å². The van der Waals surface area contributed by atoms with Crippen LogP contribution in [0.2, 0.25) is 0 Å². The summed E-state index contributed by atoms with van der Waals surface area (Å²) in [7, 11) is 0. The van der Waals surface area contributed by atoms with E-state index in [9.17, 15) is 0 Å². The SMILES string of the molecule is N#CCC(NCCC1CCCO1)c1ccccc1. The Morgan fingerprint density at radius 1 is 1.39 bits per heavy atom. The van der Waals surface area contributed by atoms with E-state index in [0.717, 1.165) is 19.6 Å². The van der Waals surface area contributed by atoms with Gasteiger partial charge in [0, 0.05) is 12.6 Å². The predicted molar refractivity (Wildman–Crippen MR) is 71.0 cm³/mol. The molecular formula is C15H20N2O. The van der Waals surface area contributed by atoms with E-state index in [1.807, 2.05) is 18.2 Å². The molecule has 2 atom stereocenters. The highest BCUT2D eigenvalue weighted by atomic mass is 16.5. The minimum atomic E-state index is 0.137. The van der Waals surface area contributed by atoms with Gasteiger partial charge in [0.2, 0.25) is 0 Å². The average molecular weight is 244 g/mol. The molecule has 2 rings (SSSR count). The van der Waals surface area contributed by atoms with E-state index in [0.29, 0.717) is 12.5 Å². The summed E-state index contributed by atoms with van der Waals surface area (Å²) in [6.45, 7) is 1.82. The molecule has 0 aromatic heterocycles. The molecule has 0 saturated carbocycles. The maximum Gasteiger partial charge on any atom is 0.0641 e. The first-order chi connectivity index (χ1) is 8.90. The fraction of sp³-hybridized carbons (Fsp3) is 0.533. The second-order valence-electron chi connectivity index (χ2n) is 4.70. The van der Waals surface area contributed by atoms with Gasteiger partial charge in [-0.05, 0) is 31.4 Å². The van der Waals surface area contributed by atoms with Gasteiger partial charge in [-0.25, -0.2) is 0 Å². The van der Waals surface area contributed by atoms with Gasteiger partial charge in [-0.15, -0.1) is 0 Å². The van der Waals surface area contributed by atoms with Crippen molar-refractivity contribution in [3.63, 3.8) is 0 Å². The van der Waals surface area contributed by atoms with Crippen LogP contribution in [0.15, 0.2) is 30.3 Å². The minimum absolute atomic E-state index is 0.137. The number of benzene rings is 1. The van der Waals surface area contributed by atoms with E-state index in [4.69, 9.17) is 10.00 Å². The Labute approximate surface area is 109 Å². The van der Waals surface area contributed by atoms with Crippen molar-refractivity contribution in [1.82, 2.24) is 5.32 Å². The van der Waals surface area contributed by atoms with E-state index in [2.05, 4.69) is 23.5 Å². The number of rotatable bonds is 6. The van der Waals surface area contributed by atoms with Crippen LogP contribution in [0.3, 0.4) is 0 Å². The molecule has 18 heavy (non-hydrogen) atoms. The standard InChI is InChI=1S/C15H20N2O/c16-10-8-15(13-5-2-1-3-6-13)17-11-9-14-7-4-12-18-14/h1-3,5-6,14-15,17H,4,7-9,11-12H2. The van der Waals surface area contributed by atoms with Gasteiger partial charge < -0.3 is 10.1 Å². The predicted octanol–water partition coefficient (Wildman–Crippen LogP) is 2.80. The number of nitriles is 1. The second kappa shape index (κ2) is 7.15. The van der Waals surface area contributed by atoms with Crippen molar-refractivity contribution in [2.45, 2.75) is 37.8 Å². The Hall–Kier alpha value is -1.37. The maximum absolute atomic E-state index is 8.89. The zero-order valence-corrected chi connectivity index (χ0v) is 10.6. The van der Waals surface area contributed by atoms with Crippen LogP contribution in [-0.2, 0) is 4.74 Å². The van der Waals surface area contributed by atoms with Crippen LogP contribution in [0, 0.1) is 11.3 Å². The summed E-state index contributed by atoms with van der Waals surface area (Å²) in [4.78, 5) is 0. The number of hydrogen-bond donors (Lipinski definition) is 1. The lowest BCUT2D eigenvalue weighted by molar-refractivity contribution is 0.103. The van der Waals surface area contributed by atoms with E-state index in [1.54, 1.807) is 0 Å². The van der Waals surface area contributed by atoms with Crippen molar-refractivity contribution in [3.8, 4) is 6.07 Å². The van der Waals surface area contributed by atoms with Crippen LogP contribution < -0.4 is 5.32 Å². The molecule has 0 aliphatic carbocycles. The molecule has 0 radical (unpaired) electrons. The van der Waals surface area contributed by atoms with Crippen LogP contribution in [0.5, 0.6) is 0 Å². The highest BCUT2D eigenvalue weighted by Gasteiger charge is 2.16. The molecule has 1 fully saturated rings. The van der Waals surface area contributed by atoms with Crippen LogP contribution in [0.1, 0.15) is 37.3 Å². The van der Waals surface area contributed by atoms with Crippen molar-refractivity contribution in [3.05, 3.63) is 35.9 Å². The maximum atomic E-state index is 8.89. The Bertz CT molecular complexity index is 379. The molecule has 3 nitrogen and oxygen atoms in total. The van der Waals surface area contributed by atoms with Gasteiger partial charge in [-0.1, -0.05) is 30.3 Å². The molecule has 1 saturated heterocycles. The lowest BCUT2D eigenvalue weighted by atomic mass is 10.0. The smallest absolute Gasteiger partial charge is 0.0641 e. The molecule has 2 unspecified atom stereocenters. The highest BCUT2D eigenvalue weighted by Crippen LogP contribution is 2.18. The van der Waals surface area contributed by atoms with Gasteiger partial charge in [0.05, 0.1) is 18.6 Å². The molecular weight excluding hydrogens is 224 g/mol. The van der Waals surface area contributed by atoms with Crippen molar-refractivity contribution < 1.29 is 4.74 Å². The van der Waals surface area contributed by atoms with Crippen LogP contribution >= 0.6 is 0 Å². The van der Waals surface area contributed by atoms with Gasteiger partial charge in [0.15, 0.2) is 0 Å². The third kappa shape index (κ3) is 3.83. The Morgan fingerprint density at radius 2 is 2.22 bits per heavy atom. The minimum Gasteiger partial charge on any atom is -0.378 e. The highest BCUT2D eigenvalue weighted by molar-refractivity contribution is 5.19. The Morgan fingerprint density at radius 3 is 2.89 bits per heavy atom. The molecule has 1 aliphatic heterocycles. The van der Waals surface area contributed by atoms with Crippen LogP contribution in [-0.4, -0.2) is 19.3 Å². The molecule has 1 aliphatic rings. The van der Waals surface area contributed by atoms with Crippen LogP contribution in [0.25, 0.3) is 0 Å². The van der Waals surface area contributed by atoms with Crippen molar-refractivity contribution >= 4 is 0 Å². The molecule has 96 valence electrons. The monoisotopic (exact) mass is 244 g/mol. The first kappa shape index (κ1) is 13.1. The van der Waals surface area contributed by atoms with Crippen molar-refractivity contribution in [2.24, 2.45) is 0 Å². The van der Waals surface area contributed by atoms with E-state index in [-0.39, 0.29) is 6.04 Å². The van der Waals surface area contributed by atoms with Crippen LogP contribution in [0.4, 0.5) is 0 Å². The Kier molecular flexibility index (Phi) is 5.19. The summed E-state index contributed by atoms with van der Waals surface area (Å²) in [5.74, 6) is 0. The lowest BCUT2D eigenvalue weighted by Gasteiger charge is -2.17. The van der Waals surface area contributed by atoms with Gasteiger partial charge in [-0.2, -0.15) is 5.26 Å². The normalized spacial score (nSPS) is 20.5. The molecule has 0 amide bonds. The largest absolute Gasteiger partial charge is 0.378 e. The summed E-state index contributed by atoms with van der Waals surface area (Å²) in [5.41, 5.74) is 1.19. The number of ether oxygens (including phenoxy) is 1. The van der Waals surface area contributed by atoms with Gasteiger partial charge in [-0.3, -0.25) is 0 Å². The summed E-state index contributed by atoms with van der Waals surface area (Å²) in [6, 6.07) is 12.6. The van der Waals surface area contributed by atoms with Gasteiger partial charge >= 0.3 is 0 Å². The fourth-order valence-corrected chi connectivity index (χ4v) is 2.38. The Balaban J connectivity index is 1.81. The molecule has 0 bridgehead atoms. The zero-order chi connectivity index (χ0) is 12.6. The molecule has 1 heterocycles. The second-order valence-corrected chi connectivity index (χ2v) is 4.70. The van der Waals surface area contributed by atoms with Gasteiger partial charge in [0.25, 0.3) is 0 Å². The molecule has 0 spiro atoms. The summed E-state index contributed by atoms with van der Waals surface area (Å²) >= 11 is 0. The number of hydrogen-bond acceptors (Lipinski definition) is 3. The zero-order valence-electron chi connectivity index (χ0n) is 10.6. The van der Waals surface area contributed by atoms with E-state index < -0.39 is 0 Å².